The van der Waals surface area contributed by atoms with Crippen LogP contribution in [0.5, 0.6) is 0 Å². The van der Waals surface area contributed by atoms with Crippen LogP contribution in [0.1, 0.15) is 22.9 Å². The number of hydrogen-bond donors (Lipinski definition) is 1. The molecule has 6 heteroatoms. The van der Waals surface area contributed by atoms with Gasteiger partial charge in [-0.1, -0.05) is 109 Å². The molecule has 0 spiro atoms. The molecule has 0 saturated carbocycles. The van der Waals surface area contributed by atoms with Crippen molar-refractivity contribution in [1.82, 2.24) is 10.3 Å². The third kappa shape index (κ3) is 4.41. The van der Waals surface area contributed by atoms with E-state index >= 15 is 0 Å². The minimum absolute atomic E-state index is 0.440. The molecule has 0 amide bonds. The van der Waals surface area contributed by atoms with E-state index in [1.807, 2.05) is 67.0 Å². The number of pyridine rings is 1. The third-order valence-electron chi connectivity index (χ3n) is 10.2. The lowest BCUT2D eigenvalue weighted by Gasteiger charge is -2.26. The number of hydrogen-bond acceptors (Lipinski definition) is 6. The highest BCUT2D eigenvalue weighted by atomic mass is 16.3. The Kier molecular flexibility index (Phi) is 6.21. The maximum Gasteiger partial charge on any atom is 0.159 e. The number of nitrogens with zero attached hydrogens (tertiary/aromatic N) is 3. The Morgan fingerprint density at radius 2 is 1.29 bits per heavy atom. The summed E-state index contributed by atoms with van der Waals surface area (Å²) in [6.45, 7) is 0. The van der Waals surface area contributed by atoms with Crippen molar-refractivity contribution in [2.75, 3.05) is 0 Å². The number of furan rings is 2. The molecule has 10 aromatic rings. The van der Waals surface area contributed by atoms with Gasteiger partial charge >= 0.3 is 0 Å². The minimum Gasteiger partial charge on any atom is -0.456 e. The average molecular weight is 669 g/mol. The molecule has 1 aliphatic heterocycles. The van der Waals surface area contributed by atoms with Crippen LogP contribution < -0.4 is 5.32 Å². The number of para-hydroxylation sites is 1. The quantitative estimate of drug-likeness (QED) is 0.202. The maximum absolute atomic E-state index is 6.51. The van der Waals surface area contributed by atoms with Crippen LogP contribution in [0.2, 0.25) is 0 Å². The van der Waals surface area contributed by atoms with Crippen LogP contribution in [0.25, 0.3) is 76.5 Å². The van der Waals surface area contributed by atoms with Gasteiger partial charge in [-0.15, -0.1) is 0 Å². The van der Waals surface area contributed by atoms with Crippen LogP contribution in [0.15, 0.2) is 177 Å². The number of amidine groups is 2. The van der Waals surface area contributed by atoms with Gasteiger partial charge in [0, 0.05) is 56.0 Å². The second-order valence-electron chi connectivity index (χ2n) is 13.2. The molecule has 1 atom stereocenters. The Balaban J connectivity index is 1.18. The fourth-order valence-electron chi connectivity index (χ4n) is 7.87. The van der Waals surface area contributed by atoms with Gasteiger partial charge in [-0.3, -0.25) is 4.98 Å². The summed E-state index contributed by atoms with van der Waals surface area (Å²) in [7, 11) is 0. The molecule has 0 aliphatic carbocycles. The molecule has 1 N–H and O–H groups in total. The van der Waals surface area contributed by atoms with E-state index in [4.69, 9.17) is 18.8 Å². The normalized spacial score (nSPS) is 14.7. The Labute approximate surface area is 297 Å². The molecule has 52 heavy (non-hydrogen) atoms. The summed E-state index contributed by atoms with van der Waals surface area (Å²) in [5, 5.41) is 12.4. The van der Waals surface area contributed by atoms with Crippen LogP contribution in [0.3, 0.4) is 0 Å². The van der Waals surface area contributed by atoms with E-state index in [0.29, 0.717) is 5.84 Å². The number of aromatic nitrogens is 1. The first kappa shape index (κ1) is 28.8. The molecular formula is C46H28N4O2. The topological polar surface area (TPSA) is 75.9 Å². The number of benzene rings is 7. The molecule has 1 aliphatic rings. The van der Waals surface area contributed by atoms with Crippen molar-refractivity contribution in [2.45, 2.75) is 6.17 Å². The molecule has 6 nitrogen and oxygen atoms in total. The van der Waals surface area contributed by atoms with E-state index in [2.05, 4.69) is 101 Å². The summed E-state index contributed by atoms with van der Waals surface area (Å²) >= 11 is 0. The van der Waals surface area contributed by atoms with Crippen molar-refractivity contribution in [2.24, 2.45) is 9.98 Å². The van der Waals surface area contributed by atoms with Gasteiger partial charge in [0.15, 0.2) is 5.84 Å². The summed E-state index contributed by atoms with van der Waals surface area (Å²) in [6.07, 6.45) is 3.28. The highest BCUT2D eigenvalue weighted by Gasteiger charge is 2.27. The zero-order valence-electron chi connectivity index (χ0n) is 27.7. The van der Waals surface area contributed by atoms with Gasteiger partial charge in [-0.2, -0.15) is 0 Å². The monoisotopic (exact) mass is 668 g/mol. The van der Waals surface area contributed by atoms with E-state index < -0.39 is 6.17 Å². The number of aliphatic imine (C=N–C) groups is 2. The fourth-order valence-corrected chi connectivity index (χ4v) is 7.87. The number of rotatable bonds is 4. The van der Waals surface area contributed by atoms with E-state index in [1.54, 1.807) is 0 Å². The van der Waals surface area contributed by atoms with Crippen molar-refractivity contribution in [3.63, 3.8) is 0 Å². The molecule has 0 bridgehead atoms. The van der Waals surface area contributed by atoms with E-state index in [0.717, 1.165) is 99.1 Å². The molecule has 3 aromatic heterocycles. The number of nitrogens with one attached hydrogen (secondary N) is 1. The molecule has 11 rings (SSSR count). The maximum atomic E-state index is 6.51. The van der Waals surface area contributed by atoms with Crippen LogP contribution in [0, 0.1) is 0 Å². The lowest BCUT2D eigenvalue weighted by molar-refractivity contribution is 0.662. The van der Waals surface area contributed by atoms with Gasteiger partial charge in [0.1, 0.15) is 34.3 Å². The zero-order valence-corrected chi connectivity index (χ0v) is 27.7. The van der Waals surface area contributed by atoms with Gasteiger partial charge < -0.3 is 14.2 Å². The molecule has 0 saturated heterocycles. The summed E-state index contributed by atoms with van der Waals surface area (Å²) in [6, 6.07) is 50.2. The van der Waals surface area contributed by atoms with Crippen LogP contribution in [-0.4, -0.2) is 16.7 Å². The molecule has 0 radical (unpaired) electrons. The largest absolute Gasteiger partial charge is 0.456 e. The second kappa shape index (κ2) is 11.2. The number of fused-ring (bicyclic) bond motifs is 8. The van der Waals surface area contributed by atoms with E-state index in [-0.39, 0.29) is 0 Å². The molecule has 7 aromatic carbocycles. The van der Waals surface area contributed by atoms with Gasteiger partial charge in [0.25, 0.3) is 0 Å². The Morgan fingerprint density at radius 1 is 0.519 bits per heavy atom. The lowest BCUT2D eigenvalue weighted by Crippen LogP contribution is -2.34. The standard InChI is InChI=1S/C46H28N4O2/c1-2-11-28(12-3-1)44-48-45(35-16-9-19-39-42(35)34-14-6-7-17-37(34)51-39)50-46(49-44)43-31-13-5-4-10-27(31)20-21-33(43)32-15-8-18-38-41(32)36-24-29-22-23-47-26-30(29)25-40(36)52-38/h1-26,45H,(H,48,49,50). The second-order valence-corrected chi connectivity index (χ2v) is 13.2. The van der Waals surface area contributed by atoms with Crippen LogP contribution in [-0.2, 0) is 0 Å². The molecular weight excluding hydrogens is 641 g/mol. The molecule has 0 fully saturated rings. The first-order valence-electron chi connectivity index (χ1n) is 17.4. The minimum atomic E-state index is -0.440. The van der Waals surface area contributed by atoms with Crippen LogP contribution in [0.4, 0.5) is 0 Å². The smallest absolute Gasteiger partial charge is 0.159 e. The predicted molar refractivity (Wildman–Crippen MR) is 211 cm³/mol. The lowest BCUT2D eigenvalue weighted by atomic mass is 9.90. The van der Waals surface area contributed by atoms with Crippen molar-refractivity contribution in [1.29, 1.82) is 0 Å². The van der Waals surface area contributed by atoms with E-state index in [1.165, 1.54) is 0 Å². The van der Waals surface area contributed by atoms with Gasteiger partial charge in [-0.25, -0.2) is 9.98 Å². The Hall–Kier alpha value is -7.05. The van der Waals surface area contributed by atoms with E-state index in [9.17, 15) is 0 Å². The first-order chi connectivity index (χ1) is 25.8. The molecule has 1 unspecified atom stereocenters. The summed E-state index contributed by atoms with van der Waals surface area (Å²) in [5.41, 5.74) is 8.43. The third-order valence-corrected chi connectivity index (χ3v) is 10.2. The Morgan fingerprint density at radius 3 is 2.21 bits per heavy atom. The molecule has 244 valence electrons. The first-order valence-corrected chi connectivity index (χ1v) is 17.4. The van der Waals surface area contributed by atoms with Crippen molar-refractivity contribution in [3.8, 4) is 11.1 Å². The summed E-state index contributed by atoms with van der Waals surface area (Å²) < 4.78 is 12.8. The highest BCUT2D eigenvalue weighted by molar-refractivity contribution is 6.23. The zero-order chi connectivity index (χ0) is 34.2. The van der Waals surface area contributed by atoms with Gasteiger partial charge in [-0.05, 0) is 63.7 Å². The van der Waals surface area contributed by atoms with Gasteiger partial charge in [0.2, 0.25) is 0 Å². The average Bonchev–Trinajstić information content (AvgIpc) is 3.77. The highest BCUT2D eigenvalue weighted by Crippen LogP contribution is 2.42. The molecule has 4 heterocycles. The Bertz CT molecular complexity index is 3120. The van der Waals surface area contributed by atoms with Crippen molar-refractivity contribution < 1.29 is 8.83 Å². The fraction of sp³-hybridized carbons (Fsp3) is 0.0217. The van der Waals surface area contributed by atoms with Crippen LogP contribution >= 0.6 is 0 Å². The summed E-state index contributed by atoms with van der Waals surface area (Å²) in [5.74, 6) is 1.41. The summed E-state index contributed by atoms with van der Waals surface area (Å²) in [4.78, 5) is 15.0. The van der Waals surface area contributed by atoms with Crippen molar-refractivity contribution in [3.05, 3.63) is 175 Å². The van der Waals surface area contributed by atoms with Crippen molar-refractivity contribution >= 4 is 77.1 Å². The SMILES string of the molecule is c1ccc(C2=NC(c3cccc4oc5ccccc5c34)NC(c3c(-c4cccc5oc6cc7cnccc7cc6c45)ccc4ccccc34)=N2)cc1. The van der Waals surface area contributed by atoms with Gasteiger partial charge in [0.05, 0.1) is 0 Å². The predicted octanol–water partition coefficient (Wildman–Crippen LogP) is 11.3.